The number of halogens is 4. The number of ether oxygens (including phenoxy) is 1. The fourth-order valence-corrected chi connectivity index (χ4v) is 3.22. The van der Waals surface area contributed by atoms with Crippen LogP contribution in [0.4, 0.5) is 18.9 Å². The Morgan fingerprint density at radius 3 is 2.59 bits per heavy atom. The molecule has 0 saturated carbocycles. The number of esters is 1. The highest BCUT2D eigenvalue weighted by Gasteiger charge is 2.33. The molecule has 1 heterocycles. The molecule has 0 amide bonds. The van der Waals surface area contributed by atoms with Gasteiger partial charge in [0.25, 0.3) is 5.56 Å². The Morgan fingerprint density at radius 1 is 1.17 bits per heavy atom. The molecule has 0 unspecified atom stereocenters. The predicted molar refractivity (Wildman–Crippen MR) is 104 cm³/mol. The van der Waals surface area contributed by atoms with Crippen LogP contribution in [0.3, 0.4) is 0 Å². The van der Waals surface area contributed by atoms with Crippen molar-refractivity contribution in [3.63, 3.8) is 0 Å². The Kier molecular flexibility index (Phi) is 5.83. The Morgan fingerprint density at radius 2 is 1.90 bits per heavy atom. The van der Waals surface area contributed by atoms with Gasteiger partial charge in [-0.2, -0.15) is 13.2 Å². The summed E-state index contributed by atoms with van der Waals surface area (Å²) in [6.07, 6.45) is -4.54. The van der Waals surface area contributed by atoms with Crippen molar-refractivity contribution in [1.82, 2.24) is 4.98 Å². The number of pyridine rings is 1. The fourth-order valence-electron chi connectivity index (χ4n) is 3.00. The van der Waals surface area contributed by atoms with Crippen LogP contribution in [0.5, 0.6) is 0 Å². The Hall–Kier alpha value is -3.00. The number of anilines is 1. The van der Waals surface area contributed by atoms with Crippen molar-refractivity contribution in [1.29, 1.82) is 0 Å². The number of nitrogens with one attached hydrogen (secondary N) is 2. The highest BCUT2D eigenvalue weighted by molar-refractivity contribution is 6.35. The zero-order chi connectivity index (χ0) is 21.2. The maximum absolute atomic E-state index is 13.3. The molecule has 0 aliphatic heterocycles. The number of aromatic nitrogens is 1. The van der Waals surface area contributed by atoms with Gasteiger partial charge in [-0.05, 0) is 24.6 Å². The quantitative estimate of drug-likeness (QED) is 0.566. The summed E-state index contributed by atoms with van der Waals surface area (Å²) in [6, 6.07) is 9.81. The highest BCUT2D eigenvalue weighted by atomic mass is 35.5. The van der Waals surface area contributed by atoms with Crippen LogP contribution >= 0.6 is 11.6 Å². The molecule has 2 N–H and O–H groups in total. The summed E-state index contributed by atoms with van der Waals surface area (Å²) in [5.41, 5.74) is -1.61. The van der Waals surface area contributed by atoms with E-state index in [1.165, 1.54) is 18.2 Å². The van der Waals surface area contributed by atoms with E-state index in [2.05, 4.69) is 10.3 Å². The van der Waals surface area contributed by atoms with E-state index in [-0.39, 0.29) is 40.5 Å². The van der Waals surface area contributed by atoms with Gasteiger partial charge in [0.15, 0.2) is 0 Å². The average molecular weight is 425 g/mol. The third-order valence-electron chi connectivity index (χ3n) is 4.26. The molecule has 0 aliphatic rings. The van der Waals surface area contributed by atoms with Gasteiger partial charge in [0.1, 0.15) is 5.56 Å². The van der Waals surface area contributed by atoms with Gasteiger partial charge in [-0.1, -0.05) is 41.9 Å². The van der Waals surface area contributed by atoms with Crippen molar-refractivity contribution in [3.8, 4) is 0 Å². The van der Waals surface area contributed by atoms with Crippen LogP contribution in [0.2, 0.25) is 5.02 Å². The van der Waals surface area contributed by atoms with Crippen molar-refractivity contribution < 1.29 is 22.7 Å². The number of hydrogen-bond acceptors (Lipinski definition) is 4. The van der Waals surface area contributed by atoms with Gasteiger partial charge in [-0.3, -0.25) is 4.79 Å². The number of carbonyl (C=O) groups is 1. The zero-order valence-corrected chi connectivity index (χ0v) is 15.9. The molecule has 0 fully saturated rings. The van der Waals surface area contributed by atoms with Crippen molar-refractivity contribution in [2.24, 2.45) is 0 Å². The van der Waals surface area contributed by atoms with Gasteiger partial charge < -0.3 is 15.0 Å². The normalized spacial score (nSPS) is 11.5. The number of benzene rings is 2. The molecule has 0 aliphatic carbocycles. The number of carbonyl (C=O) groups excluding carboxylic acids is 1. The summed E-state index contributed by atoms with van der Waals surface area (Å²) < 4.78 is 44.8. The highest BCUT2D eigenvalue weighted by Crippen LogP contribution is 2.33. The molecule has 0 radical (unpaired) electrons. The van der Waals surface area contributed by atoms with Crippen LogP contribution in [0, 0.1) is 0 Å². The molecule has 0 spiro atoms. The smallest absolute Gasteiger partial charge is 0.416 e. The molecule has 0 bridgehead atoms. The summed E-state index contributed by atoms with van der Waals surface area (Å²) in [7, 11) is 0. The standard InChI is InChI=1S/C20H16ClF3N2O3/c1-2-29-19(28)15-17(12-7-5-9-14(21)16(12)26-18(15)27)25-10-11-6-3-4-8-13(11)20(22,23)24/h3-9H,2,10H2,1H3,(H2,25,26,27). The second-order valence-corrected chi connectivity index (χ2v) is 6.50. The molecule has 152 valence electrons. The zero-order valence-electron chi connectivity index (χ0n) is 15.2. The Bertz CT molecular complexity index is 1130. The lowest BCUT2D eigenvalue weighted by molar-refractivity contribution is -0.138. The van der Waals surface area contributed by atoms with Gasteiger partial charge >= 0.3 is 12.1 Å². The lowest BCUT2D eigenvalue weighted by Crippen LogP contribution is -2.23. The molecule has 29 heavy (non-hydrogen) atoms. The molecule has 0 atom stereocenters. The van der Waals surface area contributed by atoms with E-state index in [0.717, 1.165) is 6.07 Å². The molecule has 2 aromatic carbocycles. The maximum Gasteiger partial charge on any atom is 0.416 e. The Balaban J connectivity index is 2.14. The summed E-state index contributed by atoms with van der Waals surface area (Å²) in [5.74, 6) is -0.887. The number of fused-ring (bicyclic) bond motifs is 1. The largest absolute Gasteiger partial charge is 0.462 e. The number of H-pyrrole nitrogens is 1. The van der Waals surface area contributed by atoms with Gasteiger partial charge in [0.2, 0.25) is 0 Å². The van der Waals surface area contributed by atoms with Gasteiger partial charge in [-0.25, -0.2) is 4.79 Å². The lowest BCUT2D eigenvalue weighted by Gasteiger charge is -2.17. The molecule has 5 nitrogen and oxygen atoms in total. The van der Waals surface area contributed by atoms with E-state index in [9.17, 15) is 22.8 Å². The second-order valence-electron chi connectivity index (χ2n) is 6.10. The fraction of sp³-hybridized carbons (Fsp3) is 0.200. The van der Waals surface area contributed by atoms with E-state index in [1.807, 2.05) is 0 Å². The first-order valence-electron chi connectivity index (χ1n) is 8.64. The summed E-state index contributed by atoms with van der Waals surface area (Å²) in [5, 5.41) is 3.42. The maximum atomic E-state index is 13.3. The third kappa shape index (κ3) is 4.22. The van der Waals surface area contributed by atoms with Crippen molar-refractivity contribution >= 4 is 34.2 Å². The van der Waals surface area contributed by atoms with E-state index in [0.29, 0.717) is 5.39 Å². The summed E-state index contributed by atoms with van der Waals surface area (Å²) in [4.78, 5) is 27.4. The summed E-state index contributed by atoms with van der Waals surface area (Å²) >= 11 is 6.13. The van der Waals surface area contributed by atoms with Crippen molar-refractivity contribution in [3.05, 3.63) is 74.5 Å². The van der Waals surface area contributed by atoms with Crippen molar-refractivity contribution in [2.75, 3.05) is 11.9 Å². The van der Waals surface area contributed by atoms with Crippen LogP contribution in [-0.4, -0.2) is 17.6 Å². The minimum atomic E-state index is -4.54. The van der Waals surface area contributed by atoms with Crippen molar-refractivity contribution in [2.45, 2.75) is 19.6 Å². The number of hydrogen-bond donors (Lipinski definition) is 2. The summed E-state index contributed by atoms with van der Waals surface area (Å²) in [6.45, 7) is 1.34. The van der Waals surface area contributed by atoms with Gasteiger partial charge in [0.05, 0.1) is 28.4 Å². The Labute approximate surface area is 168 Å². The van der Waals surface area contributed by atoms with E-state index < -0.39 is 23.3 Å². The third-order valence-corrected chi connectivity index (χ3v) is 4.57. The van der Waals surface area contributed by atoms with E-state index >= 15 is 0 Å². The van der Waals surface area contributed by atoms with Crippen LogP contribution in [-0.2, 0) is 17.5 Å². The average Bonchev–Trinajstić information content (AvgIpc) is 2.66. The first-order valence-corrected chi connectivity index (χ1v) is 9.02. The van der Waals surface area contributed by atoms with Crippen LogP contribution in [0.15, 0.2) is 47.3 Å². The monoisotopic (exact) mass is 424 g/mol. The van der Waals surface area contributed by atoms with Crippen LogP contribution in [0.1, 0.15) is 28.4 Å². The molecule has 3 aromatic rings. The molecule has 1 aromatic heterocycles. The molecular formula is C20H16ClF3N2O3. The molecule has 9 heteroatoms. The van der Waals surface area contributed by atoms with Crippen LogP contribution in [0.25, 0.3) is 10.9 Å². The first-order chi connectivity index (χ1) is 13.7. The molecule has 0 saturated heterocycles. The topological polar surface area (TPSA) is 71.2 Å². The van der Waals surface area contributed by atoms with E-state index in [1.54, 1.807) is 25.1 Å². The number of para-hydroxylation sites is 1. The minimum Gasteiger partial charge on any atom is -0.462 e. The van der Waals surface area contributed by atoms with E-state index in [4.69, 9.17) is 16.3 Å². The SMILES string of the molecule is CCOC(=O)c1c(NCc2ccccc2C(F)(F)F)c2cccc(Cl)c2[nH]c1=O. The molecule has 3 rings (SSSR count). The number of aromatic amines is 1. The number of rotatable bonds is 5. The second kappa shape index (κ2) is 8.16. The predicted octanol–water partition coefficient (Wildman–Crippen LogP) is 4.99. The molecular weight excluding hydrogens is 409 g/mol. The number of alkyl halides is 3. The first kappa shape index (κ1) is 20.7. The van der Waals surface area contributed by atoms with Crippen LogP contribution < -0.4 is 10.9 Å². The minimum absolute atomic E-state index is 0.0300. The van der Waals surface area contributed by atoms with Gasteiger partial charge in [0, 0.05) is 11.9 Å². The van der Waals surface area contributed by atoms with Gasteiger partial charge in [-0.15, -0.1) is 0 Å². The lowest BCUT2D eigenvalue weighted by atomic mass is 10.1.